The third-order valence-corrected chi connectivity index (χ3v) is 13.5. The molecule has 0 heterocycles. The van der Waals surface area contributed by atoms with Gasteiger partial charge in [0.2, 0.25) is 0 Å². The van der Waals surface area contributed by atoms with Gasteiger partial charge in [0.25, 0.3) is 0 Å². The lowest BCUT2D eigenvalue weighted by Gasteiger charge is -2.21. The molecule has 3 atom stereocenters. The number of phosphoric ester groups is 1. The average molecular weight is 1010 g/mol. The van der Waals surface area contributed by atoms with Gasteiger partial charge in [0.05, 0.1) is 19.8 Å². The van der Waals surface area contributed by atoms with Crippen LogP contribution in [0.25, 0.3) is 0 Å². The van der Waals surface area contributed by atoms with E-state index in [-0.39, 0.29) is 25.9 Å². The number of rotatable bonds is 54. The largest absolute Gasteiger partial charge is 0.472 e. The lowest BCUT2D eigenvalue weighted by atomic mass is 10.0. The van der Waals surface area contributed by atoms with E-state index in [9.17, 15) is 28.9 Å². The predicted octanol–water partition coefficient (Wildman–Crippen LogP) is 16.8. The number of hydrogen-bond donors (Lipinski definition) is 2. The molecular weight excluding hydrogens is 904 g/mol. The van der Waals surface area contributed by atoms with Crippen LogP contribution >= 0.6 is 7.82 Å². The highest BCUT2D eigenvalue weighted by Gasteiger charge is 2.28. The van der Waals surface area contributed by atoms with E-state index in [2.05, 4.69) is 57.2 Å². The van der Waals surface area contributed by atoms with E-state index in [1.165, 1.54) is 128 Å². The maximum atomic E-state index is 12.9. The van der Waals surface area contributed by atoms with Gasteiger partial charge in [-0.05, 0) is 51.4 Å². The van der Waals surface area contributed by atoms with Crippen molar-refractivity contribution in [3.05, 3.63) is 36.5 Å². The molecule has 0 rings (SSSR count). The molecule has 3 unspecified atom stereocenters. The number of hydrogen-bond acceptors (Lipinski definition) is 10. The normalized spacial score (nSPS) is 13.6. The van der Waals surface area contributed by atoms with Gasteiger partial charge in [0.15, 0.2) is 6.10 Å². The molecule has 2 N–H and O–H groups in total. The Hall–Kier alpha value is -2.30. The third kappa shape index (κ3) is 50.6. The van der Waals surface area contributed by atoms with Gasteiger partial charge in [0, 0.05) is 19.3 Å². The molecule has 0 fully saturated rings. The fourth-order valence-corrected chi connectivity index (χ4v) is 8.98. The molecule has 0 amide bonds. The van der Waals surface area contributed by atoms with Gasteiger partial charge in [-0.1, -0.05) is 243 Å². The molecule has 0 aromatic carbocycles. The minimum absolute atomic E-state index is 0.160. The molecular formula is C58H107O11P. The smallest absolute Gasteiger partial charge is 0.462 e. The van der Waals surface area contributed by atoms with E-state index >= 15 is 0 Å². The van der Waals surface area contributed by atoms with Crippen LogP contribution < -0.4 is 0 Å². The average Bonchev–Trinajstić information content (AvgIpc) is 3.35. The molecule has 0 saturated carbocycles. The van der Waals surface area contributed by atoms with Crippen LogP contribution in [0.3, 0.4) is 0 Å². The second-order valence-electron chi connectivity index (χ2n) is 19.4. The van der Waals surface area contributed by atoms with Crippen molar-refractivity contribution in [3.8, 4) is 0 Å². The van der Waals surface area contributed by atoms with Crippen LogP contribution in [0.4, 0.5) is 0 Å². The van der Waals surface area contributed by atoms with Crippen molar-refractivity contribution >= 4 is 25.7 Å². The Balaban J connectivity index is 4.60. The molecule has 0 radical (unpaired) electrons. The molecule has 12 heteroatoms. The molecule has 410 valence electrons. The van der Waals surface area contributed by atoms with E-state index in [1.54, 1.807) is 0 Å². The first-order chi connectivity index (χ1) is 34.2. The fourth-order valence-electron chi connectivity index (χ4n) is 8.20. The van der Waals surface area contributed by atoms with E-state index in [0.717, 1.165) is 89.9 Å². The molecule has 11 nitrogen and oxygen atoms in total. The number of allylic oxidation sites excluding steroid dienone is 6. The summed E-state index contributed by atoms with van der Waals surface area (Å²) in [5, 5.41) is 9.81. The Morgan fingerprint density at radius 1 is 0.414 bits per heavy atom. The highest BCUT2D eigenvalue weighted by Crippen LogP contribution is 2.43. The van der Waals surface area contributed by atoms with Crippen molar-refractivity contribution in [2.45, 2.75) is 290 Å². The van der Waals surface area contributed by atoms with Crippen LogP contribution in [0.5, 0.6) is 0 Å². The summed E-state index contributed by atoms with van der Waals surface area (Å²) in [5.41, 5.74) is 0. The number of unbranched alkanes of at least 4 members (excludes halogenated alkanes) is 31. The molecule has 0 aliphatic rings. The Bertz CT molecular complexity index is 1320. The van der Waals surface area contributed by atoms with E-state index in [4.69, 9.17) is 23.3 Å². The number of carbonyl (C=O) groups excluding carboxylic acids is 3. The monoisotopic (exact) mass is 1010 g/mol. The van der Waals surface area contributed by atoms with Crippen molar-refractivity contribution in [1.29, 1.82) is 0 Å². The quantitative estimate of drug-likeness (QED) is 0.0197. The van der Waals surface area contributed by atoms with Crippen LogP contribution in [0, 0.1) is 0 Å². The Morgan fingerprint density at radius 3 is 1.14 bits per heavy atom. The lowest BCUT2D eigenvalue weighted by Crippen LogP contribution is -2.30. The Morgan fingerprint density at radius 2 is 0.743 bits per heavy atom. The van der Waals surface area contributed by atoms with Crippen molar-refractivity contribution in [2.75, 3.05) is 26.4 Å². The first-order valence-corrected chi connectivity index (χ1v) is 30.4. The van der Waals surface area contributed by atoms with Crippen LogP contribution in [0.2, 0.25) is 0 Å². The first kappa shape index (κ1) is 67.7. The maximum Gasteiger partial charge on any atom is 0.472 e. The van der Waals surface area contributed by atoms with Crippen molar-refractivity contribution < 1.29 is 52.2 Å². The van der Waals surface area contributed by atoms with Crippen molar-refractivity contribution in [1.82, 2.24) is 0 Å². The topological polar surface area (TPSA) is 155 Å². The summed E-state index contributed by atoms with van der Waals surface area (Å²) in [6.45, 7) is 4.54. The molecule has 0 bridgehead atoms. The van der Waals surface area contributed by atoms with Crippen LogP contribution in [-0.4, -0.2) is 66.5 Å². The summed E-state index contributed by atoms with van der Waals surface area (Å²) >= 11 is 0. The van der Waals surface area contributed by atoms with Gasteiger partial charge in [-0.3, -0.25) is 23.4 Å². The number of phosphoric acid groups is 1. The van der Waals surface area contributed by atoms with Gasteiger partial charge in [-0.25, -0.2) is 4.57 Å². The number of carbonyl (C=O) groups is 3. The standard InChI is InChI=1S/C58H107O11P/c1-4-7-10-13-16-19-21-23-25-27-29-31-33-36-39-42-45-48-57(61)68-54(50-59)52-66-70(63,64)67-53-55(51-65-56(60)47-44-41-38-35-18-15-12-9-6-3)69-58(62)49-46-43-40-37-34-32-30-28-26-24-22-20-17-14-11-8-5-2/h8,11,17,20,24,26,54-55,59H,4-7,9-10,12-16,18-19,21-23,25,27-53H2,1-3H3,(H,63,64)/b11-8-,20-17-,26-24-. The number of ether oxygens (including phenoxy) is 3. The highest BCUT2D eigenvalue weighted by molar-refractivity contribution is 7.47. The molecule has 0 saturated heterocycles. The Labute approximate surface area is 429 Å². The second kappa shape index (κ2) is 53.0. The van der Waals surface area contributed by atoms with Crippen molar-refractivity contribution in [3.63, 3.8) is 0 Å². The summed E-state index contributed by atoms with van der Waals surface area (Å²) in [7, 11) is -4.74. The molecule has 0 aliphatic heterocycles. The molecule has 0 aliphatic carbocycles. The summed E-state index contributed by atoms with van der Waals surface area (Å²) in [6, 6.07) is 0. The summed E-state index contributed by atoms with van der Waals surface area (Å²) in [6.07, 6.45) is 54.0. The molecule has 0 aromatic heterocycles. The van der Waals surface area contributed by atoms with E-state index in [0.29, 0.717) is 19.3 Å². The summed E-state index contributed by atoms with van der Waals surface area (Å²) < 4.78 is 39.5. The minimum Gasteiger partial charge on any atom is -0.462 e. The van der Waals surface area contributed by atoms with E-state index < -0.39 is 57.8 Å². The summed E-state index contributed by atoms with van der Waals surface area (Å²) in [4.78, 5) is 48.4. The van der Waals surface area contributed by atoms with Gasteiger partial charge < -0.3 is 24.2 Å². The van der Waals surface area contributed by atoms with Crippen LogP contribution in [0.15, 0.2) is 36.5 Å². The third-order valence-electron chi connectivity index (χ3n) is 12.6. The van der Waals surface area contributed by atoms with Gasteiger partial charge >= 0.3 is 25.7 Å². The number of aliphatic hydroxyl groups is 1. The number of aliphatic hydroxyl groups excluding tert-OH is 1. The maximum absolute atomic E-state index is 12.9. The second-order valence-corrected chi connectivity index (χ2v) is 20.9. The lowest BCUT2D eigenvalue weighted by molar-refractivity contribution is -0.161. The zero-order valence-electron chi connectivity index (χ0n) is 45.2. The fraction of sp³-hybridized carbons (Fsp3) is 0.845. The van der Waals surface area contributed by atoms with Crippen molar-refractivity contribution in [2.24, 2.45) is 0 Å². The molecule has 0 spiro atoms. The Kier molecular flexibility index (Phi) is 51.3. The molecule has 70 heavy (non-hydrogen) atoms. The number of esters is 3. The highest BCUT2D eigenvalue weighted by atomic mass is 31.2. The molecule has 0 aromatic rings. The zero-order chi connectivity index (χ0) is 51.3. The summed E-state index contributed by atoms with van der Waals surface area (Å²) in [5.74, 6) is -1.46. The van der Waals surface area contributed by atoms with Gasteiger partial charge in [0.1, 0.15) is 12.7 Å². The zero-order valence-corrected chi connectivity index (χ0v) is 46.1. The SMILES string of the molecule is CC/C=C\C/C=C\C/C=C\CCCCCCCCCC(=O)OC(COC(=O)CCCCCCCCCCC)COP(=O)(O)OCC(CO)OC(=O)CCCCCCCCCCCCCCCCCCC. The first-order valence-electron chi connectivity index (χ1n) is 28.9. The van der Waals surface area contributed by atoms with Gasteiger partial charge in [-0.2, -0.15) is 0 Å². The van der Waals surface area contributed by atoms with E-state index in [1.807, 2.05) is 0 Å². The van der Waals surface area contributed by atoms with Crippen LogP contribution in [0.1, 0.15) is 278 Å². The minimum atomic E-state index is -4.74. The predicted molar refractivity (Wildman–Crippen MR) is 289 cm³/mol. The van der Waals surface area contributed by atoms with Crippen LogP contribution in [-0.2, 0) is 42.2 Å². The van der Waals surface area contributed by atoms with Gasteiger partial charge in [-0.15, -0.1) is 0 Å².